The van der Waals surface area contributed by atoms with E-state index >= 15 is 0 Å². The van der Waals surface area contributed by atoms with Gasteiger partial charge in [-0.3, -0.25) is 19.1 Å². The minimum Gasteiger partial charge on any atom is -0.454 e. The van der Waals surface area contributed by atoms with Gasteiger partial charge in [0, 0.05) is 12.6 Å². The van der Waals surface area contributed by atoms with Crippen molar-refractivity contribution in [2.75, 3.05) is 12.3 Å². The molecule has 0 aliphatic heterocycles. The molecule has 0 saturated heterocycles. The molecule has 2 heterocycles. The molecular weight excluding hydrogens is 346 g/mol. The molecule has 0 aromatic carbocycles. The van der Waals surface area contributed by atoms with Gasteiger partial charge in [0.2, 0.25) is 5.78 Å². The number of hydrogen-bond acceptors (Lipinski definition) is 7. The van der Waals surface area contributed by atoms with Crippen molar-refractivity contribution in [2.24, 2.45) is 0 Å². The van der Waals surface area contributed by atoms with Gasteiger partial charge in [0.1, 0.15) is 11.4 Å². The third-order valence-corrected chi connectivity index (χ3v) is 3.97. The van der Waals surface area contributed by atoms with Crippen LogP contribution < -0.4 is 17.0 Å². The molecule has 0 fully saturated rings. The van der Waals surface area contributed by atoms with Crippen LogP contribution in [0.2, 0.25) is 0 Å². The van der Waals surface area contributed by atoms with Crippen molar-refractivity contribution in [3.8, 4) is 0 Å². The number of rotatable bonds is 7. The number of ether oxygens (including phenoxy) is 1. The summed E-state index contributed by atoms with van der Waals surface area (Å²) < 4.78 is 5.93. The highest BCUT2D eigenvalue weighted by Gasteiger charge is 2.20. The first-order valence-electron chi connectivity index (χ1n) is 7.46. The van der Waals surface area contributed by atoms with Crippen LogP contribution in [0.1, 0.15) is 29.3 Å². The maximum atomic E-state index is 12.2. The summed E-state index contributed by atoms with van der Waals surface area (Å²) >= 11 is 1.48. The highest BCUT2D eigenvalue weighted by Crippen LogP contribution is 2.08. The molecule has 0 saturated carbocycles. The van der Waals surface area contributed by atoms with E-state index < -0.39 is 29.6 Å². The average molecular weight is 363 g/mol. The van der Waals surface area contributed by atoms with Crippen molar-refractivity contribution in [3.63, 3.8) is 0 Å². The number of hydrogen-bond donors (Lipinski definition) is 2. The molecule has 3 N–H and O–H groups in total. The molecule has 0 aliphatic carbocycles. The number of carbonyl (C=O) groups excluding carboxylic acids is 2. The number of nitrogens with two attached hydrogens (primary N) is 1. The van der Waals surface area contributed by atoms with Crippen molar-refractivity contribution in [2.45, 2.75) is 19.9 Å². The fourth-order valence-corrected chi connectivity index (χ4v) is 2.72. The number of anilines is 1. The quantitative estimate of drug-likeness (QED) is 0.430. The molecule has 132 valence electrons. The summed E-state index contributed by atoms with van der Waals surface area (Å²) in [5, 5.41) is 3.70. The summed E-state index contributed by atoms with van der Waals surface area (Å²) in [6.07, 6.45) is 3.32. The van der Waals surface area contributed by atoms with Crippen molar-refractivity contribution >= 4 is 35.0 Å². The third kappa shape index (κ3) is 4.54. The molecule has 8 nitrogen and oxygen atoms in total. The second-order valence-electron chi connectivity index (χ2n) is 5.09. The summed E-state index contributed by atoms with van der Waals surface area (Å²) in [5.74, 6) is -1.73. The van der Waals surface area contributed by atoms with Gasteiger partial charge in [-0.2, -0.15) is 11.3 Å². The number of esters is 1. The zero-order valence-electron chi connectivity index (χ0n) is 13.5. The number of thiophene rings is 1. The molecule has 2 rings (SSSR count). The van der Waals surface area contributed by atoms with Gasteiger partial charge >= 0.3 is 11.7 Å². The Balaban J connectivity index is 2.10. The Labute approximate surface area is 146 Å². The van der Waals surface area contributed by atoms with E-state index in [-0.39, 0.29) is 17.9 Å². The number of ketones is 1. The van der Waals surface area contributed by atoms with Crippen LogP contribution in [0.4, 0.5) is 5.82 Å². The molecule has 0 spiro atoms. The predicted octanol–water partition coefficient (Wildman–Crippen LogP) is 1.03. The number of H-pyrrole nitrogens is 1. The van der Waals surface area contributed by atoms with Gasteiger partial charge in [0.15, 0.2) is 6.61 Å². The molecule has 2 aromatic heterocycles. The summed E-state index contributed by atoms with van der Waals surface area (Å²) in [5.41, 5.74) is 4.64. The van der Waals surface area contributed by atoms with Crippen LogP contribution in [0.15, 0.2) is 32.5 Å². The predicted molar refractivity (Wildman–Crippen MR) is 94.7 cm³/mol. The number of aromatic nitrogens is 2. The van der Waals surface area contributed by atoms with Gasteiger partial charge in [-0.1, -0.05) is 6.92 Å². The molecule has 0 aliphatic rings. The van der Waals surface area contributed by atoms with Gasteiger partial charge in [-0.25, -0.2) is 9.59 Å². The minimum atomic E-state index is -0.898. The van der Waals surface area contributed by atoms with E-state index in [1.807, 2.05) is 28.7 Å². The maximum absolute atomic E-state index is 12.2. The zero-order chi connectivity index (χ0) is 18.4. The van der Waals surface area contributed by atoms with Crippen molar-refractivity contribution < 1.29 is 14.3 Å². The lowest BCUT2D eigenvalue weighted by atomic mass is 10.2. The summed E-state index contributed by atoms with van der Waals surface area (Å²) in [4.78, 5) is 49.4. The van der Waals surface area contributed by atoms with E-state index in [0.717, 1.165) is 10.1 Å². The van der Waals surface area contributed by atoms with Crippen LogP contribution in [0.5, 0.6) is 0 Å². The molecular formula is C16H17N3O5S. The smallest absolute Gasteiger partial charge is 0.331 e. The molecule has 0 amide bonds. The molecule has 9 heteroatoms. The molecule has 0 radical (unpaired) electrons. The SMILES string of the molecule is CCCn1c(N)c(C(=O)COC(=O)/C=C/c2ccsc2)c(=O)[nH]c1=O. The van der Waals surface area contributed by atoms with Crippen molar-refractivity contribution in [3.05, 3.63) is 54.9 Å². The summed E-state index contributed by atoms with van der Waals surface area (Å²) in [6.45, 7) is 1.43. The molecule has 2 aromatic rings. The Morgan fingerprint density at radius 1 is 1.40 bits per heavy atom. The Hall–Kier alpha value is -2.94. The number of nitrogen functional groups attached to an aromatic ring is 1. The minimum absolute atomic E-state index is 0.231. The molecule has 0 bridgehead atoms. The van der Waals surface area contributed by atoms with Gasteiger partial charge in [-0.05, 0) is 34.9 Å². The highest BCUT2D eigenvalue weighted by molar-refractivity contribution is 7.08. The maximum Gasteiger partial charge on any atom is 0.331 e. The summed E-state index contributed by atoms with van der Waals surface area (Å²) in [6, 6.07) is 1.82. The number of nitrogens with one attached hydrogen (secondary N) is 1. The van der Waals surface area contributed by atoms with Crippen LogP contribution in [-0.2, 0) is 16.1 Å². The monoisotopic (exact) mass is 363 g/mol. The zero-order valence-corrected chi connectivity index (χ0v) is 14.3. The molecule has 25 heavy (non-hydrogen) atoms. The fourth-order valence-electron chi connectivity index (χ4n) is 2.09. The molecule has 0 atom stereocenters. The Kier molecular flexibility index (Phi) is 6.07. The van der Waals surface area contributed by atoms with Crippen LogP contribution in [0.3, 0.4) is 0 Å². The second kappa shape index (κ2) is 8.25. The van der Waals surface area contributed by atoms with E-state index in [1.165, 1.54) is 17.4 Å². The van der Waals surface area contributed by atoms with E-state index in [0.29, 0.717) is 6.42 Å². The van der Waals surface area contributed by atoms with E-state index in [4.69, 9.17) is 10.5 Å². The number of Topliss-reactive ketones (excluding diaryl/α,β-unsaturated/α-hetero) is 1. The fraction of sp³-hybridized carbons (Fsp3) is 0.250. The first-order chi connectivity index (χ1) is 11.9. The standard InChI is InChI=1S/C16H17N3O5S/c1-2-6-19-14(17)13(15(22)18-16(19)23)11(20)8-24-12(21)4-3-10-5-7-25-9-10/h3-5,7,9H,2,6,8,17H2,1H3,(H,18,22,23)/b4-3+. The van der Waals surface area contributed by atoms with Crippen molar-refractivity contribution in [1.82, 2.24) is 9.55 Å². The van der Waals surface area contributed by atoms with Crippen LogP contribution in [0, 0.1) is 0 Å². The number of carbonyl (C=O) groups is 2. The van der Waals surface area contributed by atoms with Gasteiger partial charge in [0.05, 0.1) is 0 Å². The lowest BCUT2D eigenvalue weighted by Gasteiger charge is -2.10. The van der Waals surface area contributed by atoms with E-state index in [2.05, 4.69) is 0 Å². The van der Waals surface area contributed by atoms with Crippen LogP contribution in [0.25, 0.3) is 6.08 Å². The number of aromatic amines is 1. The van der Waals surface area contributed by atoms with E-state index in [9.17, 15) is 19.2 Å². The first-order valence-corrected chi connectivity index (χ1v) is 8.41. The van der Waals surface area contributed by atoms with Gasteiger partial charge in [0.25, 0.3) is 5.56 Å². The largest absolute Gasteiger partial charge is 0.454 e. The Morgan fingerprint density at radius 2 is 2.16 bits per heavy atom. The lowest BCUT2D eigenvalue weighted by Crippen LogP contribution is -2.37. The molecule has 0 unspecified atom stereocenters. The Bertz CT molecular complexity index is 909. The normalized spacial score (nSPS) is 10.9. The third-order valence-electron chi connectivity index (χ3n) is 3.27. The Morgan fingerprint density at radius 3 is 2.80 bits per heavy atom. The van der Waals surface area contributed by atoms with Crippen LogP contribution >= 0.6 is 11.3 Å². The van der Waals surface area contributed by atoms with Crippen LogP contribution in [-0.4, -0.2) is 27.9 Å². The van der Waals surface area contributed by atoms with Gasteiger partial charge in [-0.15, -0.1) is 0 Å². The number of nitrogens with zero attached hydrogens (tertiary/aromatic N) is 1. The van der Waals surface area contributed by atoms with Crippen molar-refractivity contribution in [1.29, 1.82) is 0 Å². The van der Waals surface area contributed by atoms with E-state index in [1.54, 1.807) is 6.08 Å². The first kappa shape index (κ1) is 18.4. The topological polar surface area (TPSA) is 124 Å². The second-order valence-corrected chi connectivity index (χ2v) is 5.87. The van der Waals surface area contributed by atoms with Gasteiger partial charge < -0.3 is 10.5 Å². The summed E-state index contributed by atoms with van der Waals surface area (Å²) in [7, 11) is 0. The lowest BCUT2D eigenvalue weighted by molar-refractivity contribution is -0.136. The average Bonchev–Trinajstić information content (AvgIpc) is 3.08. The highest BCUT2D eigenvalue weighted by atomic mass is 32.1.